The first kappa shape index (κ1) is 70.7. The van der Waals surface area contributed by atoms with E-state index in [1.54, 1.807) is 51.2 Å². The van der Waals surface area contributed by atoms with Crippen LogP contribution < -0.4 is 22.5 Å². The van der Waals surface area contributed by atoms with Crippen LogP contribution in [-0.4, -0.2) is 205 Å². The van der Waals surface area contributed by atoms with E-state index in [4.69, 9.17) is 36.1 Å². The van der Waals surface area contributed by atoms with Gasteiger partial charge in [-0.3, -0.25) is 14.5 Å². The summed E-state index contributed by atoms with van der Waals surface area (Å²) in [6.45, 7) is 9.39. The van der Waals surface area contributed by atoms with Crippen molar-refractivity contribution in [2.75, 3.05) is 39.3 Å². The van der Waals surface area contributed by atoms with Crippen LogP contribution in [0, 0.1) is 17.8 Å². The van der Waals surface area contributed by atoms with Crippen LogP contribution in [0.3, 0.4) is 0 Å². The third-order valence-corrected chi connectivity index (χ3v) is 15.1. The molecule has 0 aromatic rings. The quantitative estimate of drug-likeness (QED) is 0.0765. The maximum atomic E-state index is 14.1. The maximum Gasteiger partial charge on any atom is 0.308 e. The Kier molecular flexibility index (Phi) is 33.9. The third kappa shape index (κ3) is 25.5. The highest BCUT2D eigenvalue weighted by molar-refractivity contribution is 5.80. The molecule has 0 radical (unpaired) electrons. The topological polar surface area (TPSA) is 367 Å². The largest absolute Gasteiger partial charge is 0.462 e. The highest BCUT2D eigenvalue weighted by Gasteiger charge is 2.51. The van der Waals surface area contributed by atoms with Crippen LogP contribution in [0.4, 0.5) is 0 Å². The number of nitrogens with zero attached hydrogens (tertiary/aromatic N) is 1. The Balaban J connectivity index is 2.02. The van der Waals surface area contributed by atoms with Crippen molar-refractivity contribution in [2.24, 2.45) is 35.0 Å². The molecule has 3 rings (SSSR count). The van der Waals surface area contributed by atoms with E-state index in [0.29, 0.717) is 52.0 Å². The number of fused-ring (bicyclic) bond motifs is 2. The Bertz CT molecular complexity index is 1950. The van der Waals surface area contributed by atoms with Gasteiger partial charge in [-0.05, 0) is 91.5 Å². The second-order valence-electron chi connectivity index (χ2n) is 22.0. The second kappa shape index (κ2) is 38.3. The van der Waals surface area contributed by atoms with Crippen molar-refractivity contribution in [3.05, 3.63) is 85.1 Å². The minimum atomic E-state index is -2.28. The molecule has 3 aliphatic rings. The molecule has 0 saturated carbocycles. The first-order valence-electron chi connectivity index (χ1n) is 29.0. The van der Waals surface area contributed by atoms with E-state index in [1.807, 2.05) is 66.5 Å². The monoisotopic (exact) mass is 1140 g/mol. The standard InChI is InChI=1S/C59H101N5O16/c1-39-23-17-13-11-9-7-5-6-8-10-12-14-18-24-46(79-58-56(74)53(55(73)42(4)78-58)64(31-21-28-61)32-22-29-62)36-50-52(57(75)63-30-20-16-15-19-27-60)49(70)38-59(76,80-50)37-45(67)34-48(69)47(68)26-25-43(65)33-44(66)35-51(71)77-41(3)40(2)54(39)72/h5-14,17-18,23-24,39-50,52-56,58,65-70,72-74,76H,15-16,19-22,25-38,60-62H2,1-4H3,(H,63,75)/b6-5+,9-7+,10-8+,13-11+,14-12+,23-17+,24-18+/t39-,40-,41-,42+,43+,44+,45-,46-,47+,48+,49-,50-,52+,53-,54+,55+,56-,58?,59+/m0/s1. The molecule has 2 fully saturated rings. The van der Waals surface area contributed by atoms with Crippen LogP contribution in [0.1, 0.15) is 118 Å². The zero-order chi connectivity index (χ0) is 59.2. The number of aliphatic hydroxyl groups excluding tert-OH is 9. The molecular weight excluding hydrogens is 1030 g/mol. The molecule has 458 valence electrons. The predicted octanol–water partition coefficient (Wildman–Crippen LogP) is 1.30. The van der Waals surface area contributed by atoms with E-state index >= 15 is 0 Å². The number of carbonyl (C=O) groups excluding carboxylic acids is 2. The van der Waals surface area contributed by atoms with Gasteiger partial charge in [-0.25, -0.2) is 0 Å². The fourth-order valence-electron chi connectivity index (χ4n) is 10.3. The molecule has 3 aliphatic heterocycles. The van der Waals surface area contributed by atoms with Gasteiger partial charge in [-0.15, -0.1) is 0 Å². The Morgan fingerprint density at radius 3 is 1.81 bits per heavy atom. The van der Waals surface area contributed by atoms with Crippen molar-refractivity contribution in [1.29, 1.82) is 0 Å². The second-order valence-corrected chi connectivity index (χ2v) is 22.0. The lowest BCUT2D eigenvalue weighted by atomic mass is 9.82. The number of amides is 1. The highest BCUT2D eigenvalue weighted by Crippen LogP contribution is 2.38. The normalized spacial score (nSPS) is 39.2. The summed E-state index contributed by atoms with van der Waals surface area (Å²) in [5, 5.41) is 116. The van der Waals surface area contributed by atoms with Crippen LogP contribution in [0.5, 0.6) is 0 Å². The number of carbonyl (C=O) groups is 2. The van der Waals surface area contributed by atoms with Crippen molar-refractivity contribution < 1.29 is 79.6 Å². The summed E-state index contributed by atoms with van der Waals surface area (Å²) in [5.41, 5.74) is 17.4. The Morgan fingerprint density at radius 2 is 1.21 bits per heavy atom. The fraction of sp³-hybridized carbons (Fsp3) is 0.729. The fourth-order valence-corrected chi connectivity index (χ4v) is 10.3. The summed E-state index contributed by atoms with van der Waals surface area (Å²) < 4.78 is 24.6. The Hall–Kier alpha value is -3.56. The minimum absolute atomic E-state index is 0.0971. The molecule has 80 heavy (non-hydrogen) atoms. The molecule has 21 heteroatoms. The van der Waals surface area contributed by atoms with E-state index in [-0.39, 0.29) is 38.1 Å². The average Bonchev–Trinajstić information content (AvgIpc) is 3.39. The first-order chi connectivity index (χ1) is 38.1. The first-order valence-corrected chi connectivity index (χ1v) is 29.0. The lowest BCUT2D eigenvalue weighted by Gasteiger charge is -2.48. The van der Waals surface area contributed by atoms with Gasteiger partial charge in [0.25, 0.3) is 0 Å². The van der Waals surface area contributed by atoms with E-state index in [0.717, 1.165) is 19.3 Å². The van der Waals surface area contributed by atoms with E-state index in [9.17, 15) is 60.7 Å². The van der Waals surface area contributed by atoms with Crippen molar-refractivity contribution in [2.45, 2.75) is 215 Å². The number of nitrogens with one attached hydrogen (secondary N) is 1. The van der Waals surface area contributed by atoms with Crippen molar-refractivity contribution in [3.8, 4) is 0 Å². The van der Waals surface area contributed by atoms with Gasteiger partial charge < -0.3 is 92.5 Å². The molecule has 19 atom stereocenters. The number of hydrogen-bond donors (Lipinski definition) is 14. The lowest BCUT2D eigenvalue weighted by molar-refractivity contribution is -0.311. The minimum Gasteiger partial charge on any atom is -0.462 e. The van der Waals surface area contributed by atoms with Gasteiger partial charge in [0.2, 0.25) is 5.91 Å². The molecule has 21 nitrogen and oxygen atoms in total. The van der Waals surface area contributed by atoms with Gasteiger partial charge in [0, 0.05) is 44.1 Å². The number of unbranched alkanes of at least 4 members (excludes halogenated alkanes) is 3. The van der Waals surface area contributed by atoms with Gasteiger partial charge in [0.05, 0.1) is 85.5 Å². The number of aliphatic hydroxyl groups is 10. The Morgan fingerprint density at radius 1 is 0.637 bits per heavy atom. The van der Waals surface area contributed by atoms with Gasteiger partial charge in [-0.2, -0.15) is 0 Å². The SMILES string of the molecule is C[C@@H]1[C@H](O)[C@@H](C)/C=C/C=C/C=C/C=C/C=C/C=C/C=C/[C@H](OC2O[C@H](C)[C@@H](O)[C@H](N(CCCN)CCCN)[C@@H]2O)C[C@@H]2O[C@](O)(C[C@@H](O)C[C@@H](O)[C@H](O)CC[C@@H](O)C[C@@H](O)CC(=O)O[C@H]1C)C[C@H](O)[C@H]2C(=O)NCCCCCCN. The molecule has 3 heterocycles. The van der Waals surface area contributed by atoms with E-state index < -0.39 is 147 Å². The van der Waals surface area contributed by atoms with E-state index in [1.165, 1.54) is 0 Å². The van der Waals surface area contributed by atoms with Gasteiger partial charge in [0.15, 0.2) is 12.1 Å². The summed E-state index contributed by atoms with van der Waals surface area (Å²) in [5.74, 6) is -5.57. The predicted molar refractivity (Wildman–Crippen MR) is 305 cm³/mol. The summed E-state index contributed by atoms with van der Waals surface area (Å²) >= 11 is 0. The number of allylic oxidation sites excluding steroid dienone is 12. The number of cyclic esters (lactones) is 1. The molecule has 1 amide bonds. The van der Waals surface area contributed by atoms with Gasteiger partial charge in [0.1, 0.15) is 12.2 Å². The smallest absolute Gasteiger partial charge is 0.308 e. The molecule has 0 aromatic carbocycles. The number of rotatable bonds is 16. The van der Waals surface area contributed by atoms with Crippen LogP contribution >= 0.6 is 0 Å². The zero-order valence-corrected chi connectivity index (χ0v) is 47.7. The lowest BCUT2D eigenvalue weighted by Crippen LogP contribution is -2.64. The van der Waals surface area contributed by atoms with Gasteiger partial charge in [-0.1, -0.05) is 112 Å². The number of hydrogen-bond acceptors (Lipinski definition) is 20. The van der Waals surface area contributed by atoms with Crippen molar-refractivity contribution in [1.82, 2.24) is 10.2 Å². The van der Waals surface area contributed by atoms with Crippen LogP contribution in [0.2, 0.25) is 0 Å². The molecule has 0 aliphatic carbocycles. The highest BCUT2D eigenvalue weighted by atomic mass is 16.7. The molecule has 2 saturated heterocycles. The third-order valence-electron chi connectivity index (χ3n) is 15.1. The molecule has 0 spiro atoms. The maximum absolute atomic E-state index is 14.1. The molecular formula is C59H101N5O16. The van der Waals surface area contributed by atoms with Crippen molar-refractivity contribution >= 4 is 11.9 Å². The zero-order valence-electron chi connectivity index (χ0n) is 47.7. The summed E-state index contributed by atoms with van der Waals surface area (Å²) in [7, 11) is 0. The number of nitrogens with two attached hydrogens (primary N) is 3. The van der Waals surface area contributed by atoms with Crippen LogP contribution in [0.25, 0.3) is 0 Å². The summed E-state index contributed by atoms with van der Waals surface area (Å²) in [6.07, 6.45) is 9.47. The van der Waals surface area contributed by atoms with Crippen LogP contribution in [-0.2, 0) is 28.5 Å². The van der Waals surface area contributed by atoms with Crippen LogP contribution in [0.15, 0.2) is 85.1 Å². The number of ether oxygens (including phenoxy) is 4. The summed E-state index contributed by atoms with van der Waals surface area (Å²) in [4.78, 5) is 28.8. The molecule has 2 bridgehead atoms. The Labute approximate surface area is 474 Å². The number of esters is 1. The van der Waals surface area contributed by atoms with Gasteiger partial charge >= 0.3 is 5.97 Å². The molecule has 1 unspecified atom stereocenters. The average molecular weight is 1140 g/mol. The van der Waals surface area contributed by atoms with Crippen molar-refractivity contribution in [3.63, 3.8) is 0 Å². The molecule has 0 aromatic heterocycles. The summed E-state index contributed by atoms with van der Waals surface area (Å²) in [6, 6.07) is -0.848. The van der Waals surface area contributed by atoms with E-state index in [2.05, 4.69) is 5.32 Å². The molecule has 17 N–H and O–H groups in total.